The summed E-state index contributed by atoms with van der Waals surface area (Å²) < 4.78 is 0. The highest BCUT2D eigenvalue weighted by atomic mass is 15.1. The molecule has 0 aliphatic heterocycles. The molecule has 0 heterocycles. The first kappa shape index (κ1) is 13.8. The third kappa shape index (κ3) is 2.66. The molecule has 1 nitrogen and oxygen atoms in total. The number of rotatable bonds is 3. The van der Waals surface area contributed by atoms with Crippen LogP contribution in [0.5, 0.6) is 0 Å². The summed E-state index contributed by atoms with van der Waals surface area (Å²) in [5, 5.41) is 2.55. The molecule has 0 unspecified atom stereocenters. The molecule has 1 heteroatoms. The third-order valence-electron chi connectivity index (χ3n) is 4.26. The maximum absolute atomic E-state index is 2.36. The lowest BCUT2D eigenvalue weighted by Crippen LogP contribution is -2.16. The first-order chi connectivity index (χ1) is 11.4. The van der Waals surface area contributed by atoms with E-state index >= 15 is 0 Å². The highest BCUT2D eigenvalue weighted by Crippen LogP contribution is 2.36. The molecule has 3 aromatic rings. The molecular weight excluding hydrogens is 278 g/mol. The van der Waals surface area contributed by atoms with Crippen LogP contribution in [0.4, 0.5) is 11.4 Å². The molecule has 0 bridgehead atoms. The van der Waals surface area contributed by atoms with Gasteiger partial charge in [0.1, 0.15) is 0 Å². The number of fused-ring (bicyclic) bond motifs is 1. The number of hydrogen-bond acceptors (Lipinski definition) is 1. The lowest BCUT2D eigenvalue weighted by atomic mass is 10.0. The molecule has 3 aromatic carbocycles. The van der Waals surface area contributed by atoms with E-state index in [-0.39, 0.29) is 0 Å². The van der Waals surface area contributed by atoms with Crippen molar-refractivity contribution in [2.45, 2.75) is 12.8 Å². The Kier molecular flexibility index (Phi) is 3.69. The minimum atomic E-state index is 1.10. The zero-order chi connectivity index (χ0) is 15.5. The minimum Gasteiger partial charge on any atom is -0.310 e. The summed E-state index contributed by atoms with van der Waals surface area (Å²) in [6, 6.07) is 25.7. The third-order valence-corrected chi connectivity index (χ3v) is 4.26. The normalized spacial score (nSPS) is 13.8. The van der Waals surface area contributed by atoms with Crippen LogP contribution in [0.2, 0.25) is 0 Å². The number of anilines is 2. The topological polar surface area (TPSA) is 3.24 Å². The van der Waals surface area contributed by atoms with E-state index in [0.29, 0.717) is 0 Å². The van der Waals surface area contributed by atoms with E-state index in [2.05, 4.69) is 95.9 Å². The van der Waals surface area contributed by atoms with Crippen LogP contribution in [0.25, 0.3) is 10.8 Å². The molecular formula is C22H19N. The second-order valence-corrected chi connectivity index (χ2v) is 5.78. The van der Waals surface area contributed by atoms with Gasteiger partial charge in [-0.05, 0) is 42.5 Å². The number of allylic oxidation sites excluding steroid dienone is 3. The predicted molar refractivity (Wildman–Crippen MR) is 99.0 cm³/mol. The summed E-state index contributed by atoms with van der Waals surface area (Å²) >= 11 is 0. The molecule has 0 N–H and O–H groups in total. The van der Waals surface area contributed by atoms with Gasteiger partial charge in [-0.15, -0.1) is 0 Å². The molecule has 4 rings (SSSR count). The van der Waals surface area contributed by atoms with E-state index in [9.17, 15) is 0 Å². The van der Waals surface area contributed by atoms with Gasteiger partial charge in [-0.1, -0.05) is 66.7 Å². The summed E-state index contributed by atoms with van der Waals surface area (Å²) in [6.07, 6.45) is 9.05. The van der Waals surface area contributed by atoms with Gasteiger partial charge in [0.25, 0.3) is 0 Å². The van der Waals surface area contributed by atoms with Crippen LogP contribution in [0.15, 0.2) is 96.7 Å². The Morgan fingerprint density at radius 1 is 0.696 bits per heavy atom. The van der Waals surface area contributed by atoms with E-state index in [1.807, 2.05) is 0 Å². The van der Waals surface area contributed by atoms with Crippen LogP contribution < -0.4 is 4.90 Å². The number of hydrogen-bond donors (Lipinski definition) is 0. The van der Waals surface area contributed by atoms with Crippen LogP contribution in [-0.2, 0) is 0 Å². The largest absolute Gasteiger partial charge is 0.310 e. The molecule has 0 amide bonds. The Labute approximate surface area is 137 Å². The average molecular weight is 297 g/mol. The fourth-order valence-corrected chi connectivity index (χ4v) is 3.17. The summed E-state index contributed by atoms with van der Waals surface area (Å²) in [5.41, 5.74) is 3.67. The van der Waals surface area contributed by atoms with Crippen molar-refractivity contribution in [2.24, 2.45) is 0 Å². The van der Waals surface area contributed by atoms with Crippen molar-refractivity contribution in [3.63, 3.8) is 0 Å². The van der Waals surface area contributed by atoms with Crippen LogP contribution in [0.1, 0.15) is 12.8 Å². The van der Waals surface area contributed by atoms with Crippen molar-refractivity contribution in [1.29, 1.82) is 0 Å². The van der Waals surface area contributed by atoms with Crippen molar-refractivity contribution < 1.29 is 0 Å². The van der Waals surface area contributed by atoms with Crippen molar-refractivity contribution in [3.8, 4) is 0 Å². The Morgan fingerprint density at radius 2 is 1.48 bits per heavy atom. The highest BCUT2D eigenvalue weighted by Gasteiger charge is 2.16. The van der Waals surface area contributed by atoms with Gasteiger partial charge < -0.3 is 4.90 Å². The van der Waals surface area contributed by atoms with Crippen molar-refractivity contribution in [1.82, 2.24) is 0 Å². The summed E-state index contributed by atoms with van der Waals surface area (Å²) in [5.74, 6) is 0. The lowest BCUT2D eigenvalue weighted by molar-refractivity contribution is 0.998. The summed E-state index contributed by atoms with van der Waals surface area (Å²) in [4.78, 5) is 2.36. The van der Waals surface area contributed by atoms with Crippen molar-refractivity contribution >= 4 is 22.1 Å². The molecule has 1 aliphatic rings. The Morgan fingerprint density at radius 3 is 2.30 bits per heavy atom. The summed E-state index contributed by atoms with van der Waals surface area (Å²) in [6.45, 7) is 0. The number of nitrogens with zero attached hydrogens (tertiary/aromatic N) is 1. The Balaban J connectivity index is 1.94. The zero-order valence-corrected chi connectivity index (χ0v) is 13.0. The molecule has 23 heavy (non-hydrogen) atoms. The summed E-state index contributed by atoms with van der Waals surface area (Å²) in [7, 11) is 0. The van der Waals surface area contributed by atoms with Gasteiger partial charge in [0, 0.05) is 16.8 Å². The molecule has 0 fully saturated rings. The van der Waals surface area contributed by atoms with Gasteiger partial charge in [0.05, 0.1) is 5.69 Å². The van der Waals surface area contributed by atoms with Crippen molar-refractivity contribution in [3.05, 3.63) is 96.7 Å². The van der Waals surface area contributed by atoms with Gasteiger partial charge in [-0.25, -0.2) is 0 Å². The zero-order valence-electron chi connectivity index (χ0n) is 13.0. The molecule has 0 saturated heterocycles. The first-order valence-corrected chi connectivity index (χ1v) is 8.13. The van der Waals surface area contributed by atoms with E-state index in [4.69, 9.17) is 0 Å². The van der Waals surface area contributed by atoms with E-state index in [0.717, 1.165) is 12.8 Å². The monoisotopic (exact) mass is 297 g/mol. The molecule has 112 valence electrons. The quantitative estimate of drug-likeness (QED) is 0.555. The number of benzene rings is 3. The number of para-hydroxylation sites is 1. The second-order valence-electron chi connectivity index (χ2n) is 5.78. The van der Waals surface area contributed by atoms with E-state index in [1.165, 1.54) is 27.8 Å². The molecule has 1 aliphatic carbocycles. The SMILES string of the molecule is C1=CC(N(c2ccccc2)c2cccc3ccccc23)=CCC1. The maximum Gasteiger partial charge on any atom is 0.0539 e. The van der Waals surface area contributed by atoms with Gasteiger partial charge >= 0.3 is 0 Å². The molecule has 0 radical (unpaired) electrons. The van der Waals surface area contributed by atoms with Gasteiger partial charge in [0.15, 0.2) is 0 Å². The van der Waals surface area contributed by atoms with Crippen LogP contribution in [0, 0.1) is 0 Å². The average Bonchev–Trinajstić information content (AvgIpc) is 2.64. The van der Waals surface area contributed by atoms with E-state index in [1.54, 1.807) is 0 Å². The van der Waals surface area contributed by atoms with Gasteiger partial charge in [0.2, 0.25) is 0 Å². The maximum atomic E-state index is 2.36. The van der Waals surface area contributed by atoms with Gasteiger partial charge in [-0.2, -0.15) is 0 Å². The Bertz CT molecular complexity index is 869. The fourth-order valence-electron chi connectivity index (χ4n) is 3.17. The van der Waals surface area contributed by atoms with Crippen LogP contribution in [-0.4, -0.2) is 0 Å². The predicted octanol–water partition coefficient (Wildman–Crippen LogP) is 6.21. The smallest absolute Gasteiger partial charge is 0.0539 e. The molecule has 0 atom stereocenters. The lowest BCUT2D eigenvalue weighted by Gasteiger charge is -2.28. The standard InChI is InChI=1S/C22H19N/c1-3-12-19(13-4-1)23(20-14-5-2-6-15-20)22-17-9-11-18-10-7-8-16-21(18)22/h1,3-5,7-17H,2,6H2. The van der Waals surface area contributed by atoms with Crippen LogP contribution in [0.3, 0.4) is 0 Å². The second kappa shape index (κ2) is 6.13. The fraction of sp³-hybridized carbons (Fsp3) is 0.0909. The van der Waals surface area contributed by atoms with Crippen molar-refractivity contribution in [2.75, 3.05) is 4.90 Å². The highest BCUT2D eigenvalue weighted by molar-refractivity contribution is 5.97. The van der Waals surface area contributed by atoms with Crippen LogP contribution >= 0.6 is 0 Å². The first-order valence-electron chi connectivity index (χ1n) is 8.13. The molecule has 0 aromatic heterocycles. The van der Waals surface area contributed by atoms with E-state index < -0.39 is 0 Å². The minimum absolute atomic E-state index is 1.10. The Hall–Kier alpha value is -2.80. The molecule has 0 saturated carbocycles. The molecule has 0 spiro atoms. The van der Waals surface area contributed by atoms with Gasteiger partial charge in [-0.3, -0.25) is 0 Å².